The van der Waals surface area contributed by atoms with Gasteiger partial charge in [0.15, 0.2) is 0 Å². The van der Waals surface area contributed by atoms with Gasteiger partial charge in [-0.2, -0.15) is 0 Å². The summed E-state index contributed by atoms with van der Waals surface area (Å²) in [5, 5.41) is 2.83. The van der Waals surface area contributed by atoms with Crippen molar-refractivity contribution in [2.45, 2.75) is 38.8 Å². The lowest BCUT2D eigenvalue weighted by atomic mass is 10.0. The van der Waals surface area contributed by atoms with E-state index in [9.17, 15) is 14.0 Å². The number of esters is 1. The molecule has 128 valence electrons. The first-order valence-corrected chi connectivity index (χ1v) is 7.64. The molecule has 1 atom stereocenters. The van der Waals surface area contributed by atoms with Crippen LogP contribution < -0.4 is 5.32 Å². The zero-order chi connectivity index (χ0) is 17.7. The highest BCUT2D eigenvalue weighted by atomic mass is 19.1. The first-order chi connectivity index (χ1) is 11.3. The molecule has 1 heterocycles. The van der Waals surface area contributed by atoms with E-state index >= 15 is 0 Å². The summed E-state index contributed by atoms with van der Waals surface area (Å²) in [7, 11) is 0. The average molecular weight is 333 g/mol. The summed E-state index contributed by atoms with van der Waals surface area (Å²) in [5.74, 6) is -1.69. The standard InChI is InChI=1S/C18H20FNO4/c1-4-18(2,3)20-16(21)15(12-7-9-13(19)10-8-12)24-17(22)14-6-5-11-23-14/h5-11,15H,4H2,1-3H3,(H,20,21). The Hall–Kier alpha value is -2.63. The molecule has 0 fully saturated rings. The van der Waals surface area contributed by atoms with Crippen molar-refractivity contribution in [1.82, 2.24) is 5.32 Å². The maximum absolute atomic E-state index is 13.1. The van der Waals surface area contributed by atoms with Gasteiger partial charge < -0.3 is 14.5 Å². The van der Waals surface area contributed by atoms with Crippen molar-refractivity contribution >= 4 is 11.9 Å². The third kappa shape index (κ3) is 4.44. The molecule has 0 aliphatic heterocycles. The molecule has 0 spiro atoms. The summed E-state index contributed by atoms with van der Waals surface area (Å²) in [4.78, 5) is 24.7. The molecule has 24 heavy (non-hydrogen) atoms. The molecule has 1 aromatic carbocycles. The number of furan rings is 1. The van der Waals surface area contributed by atoms with Gasteiger partial charge in [0.2, 0.25) is 11.9 Å². The van der Waals surface area contributed by atoms with E-state index in [1.54, 1.807) is 6.07 Å². The van der Waals surface area contributed by atoms with Gasteiger partial charge in [-0.15, -0.1) is 0 Å². The zero-order valence-corrected chi connectivity index (χ0v) is 13.8. The van der Waals surface area contributed by atoms with Crippen molar-refractivity contribution in [3.63, 3.8) is 0 Å². The first-order valence-electron chi connectivity index (χ1n) is 7.64. The van der Waals surface area contributed by atoms with Crippen molar-refractivity contribution in [1.29, 1.82) is 0 Å². The molecule has 1 N–H and O–H groups in total. The molecule has 0 saturated carbocycles. The van der Waals surface area contributed by atoms with Gasteiger partial charge >= 0.3 is 5.97 Å². The number of carbonyl (C=O) groups excluding carboxylic acids is 2. The predicted molar refractivity (Wildman–Crippen MR) is 85.8 cm³/mol. The number of hydrogen-bond acceptors (Lipinski definition) is 4. The molecular formula is C18H20FNO4. The third-order valence-corrected chi connectivity index (χ3v) is 3.70. The number of hydrogen-bond donors (Lipinski definition) is 1. The Morgan fingerprint density at radius 2 is 1.92 bits per heavy atom. The Labute approximate surface area is 139 Å². The van der Waals surface area contributed by atoms with Crippen LogP contribution in [0.15, 0.2) is 47.1 Å². The summed E-state index contributed by atoms with van der Waals surface area (Å²) >= 11 is 0. The van der Waals surface area contributed by atoms with Crippen LogP contribution in [0, 0.1) is 5.82 Å². The van der Waals surface area contributed by atoms with Crippen LogP contribution in [-0.4, -0.2) is 17.4 Å². The molecule has 2 aromatic rings. The van der Waals surface area contributed by atoms with Gasteiger partial charge in [-0.25, -0.2) is 9.18 Å². The third-order valence-electron chi connectivity index (χ3n) is 3.70. The smallest absolute Gasteiger partial charge is 0.375 e. The predicted octanol–water partition coefficient (Wildman–Crippen LogP) is 3.62. The molecule has 0 saturated heterocycles. The van der Waals surface area contributed by atoms with E-state index in [-0.39, 0.29) is 5.76 Å². The number of benzene rings is 1. The number of halogens is 1. The lowest BCUT2D eigenvalue weighted by Crippen LogP contribution is -2.45. The van der Waals surface area contributed by atoms with Crippen molar-refractivity contribution in [3.05, 3.63) is 59.8 Å². The van der Waals surface area contributed by atoms with Crippen LogP contribution in [0.25, 0.3) is 0 Å². The van der Waals surface area contributed by atoms with Gasteiger partial charge in [-0.1, -0.05) is 19.1 Å². The fourth-order valence-electron chi connectivity index (χ4n) is 1.96. The van der Waals surface area contributed by atoms with Gasteiger partial charge in [0.05, 0.1) is 6.26 Å². The van der Waals surface area contributed by atoms with Gasteiger partial charge in [0.25, 0.3) is 5.91 Å². The second kappa shape index (κ2) is 7.29. The van der Waals surface area contributed by atoms with E-state index in [4.69, 9.17) is 9.15 Å². The largest absolute Gasteiger partial charge is 0.457 e. The fraction of sp³-hybridized carbons (Fsp3) is 0.333. The Kier molecular flexibility index (Phi) is 5.39. The first kappa shape index (κ1) is 17.7. The number of ether oxygens (including phenoxy) is 1. The van der Waals surface area contributed by atoms with Gasteiger partial charge in [-0.3, -0.25) is 4.79 Å². The summed E-state index contributed by atoms with van der Waals surface area (Å²) in [6.45, 7) is 5.66. The lowest BCUT2D eigenvalue weighted by Gasteiger charge is -2.27. The molecule has 0 bridgehead atoms. The van der Waals surface area contributed by atoms with E-state index in [1.807, 2.05) is 20.8 Å². The van der Waals surface area contributed by atoms with Crippen LogP contribution in [0.5, 0.6) is 0 Å². The molecule has 1 aromatic heterocycles. The highest BCUT2D eigenvalue weighted by molar-refractivity contribution is 5.90. The number of carbonyl (C=O) groups is 2. The van der Waals surface area contributed by atoms with E-state index in [0.717, 1.165) is 0 Å². The number of nitrogens with one attached hydrogen (secondary N) is 1. The molecule has 1 unspecified atom stereocenters. The molecule has 6 heteroatoms. The molecular weight excluding hydrogens is 313 g/mol. The summed E-state index contributed by atoms with van der Waals surface area (Å²) in [6.07, 6.45) is 0.833. The lowest BCUT2D eigenvalue weighted by molar-refractivity contribution is -0.132. The molecule has 2 rings (SSSR count). The normalized spacial score (nSPS) is 12.5. The zero-order valence-electron chi connectivity index (χ0n) is 13.8. The molecule has 0 aliphatic rings. The number of rotatable bonds is 6. The molecule has 5 nitrogen and oxygen atoms in total. The van der Waals surface area contributed by atoms with Crippen molar-refractivity contribution < 1.29 is 23.1 Å². The SMILES string of the molecule is CCC(C)(C)NC(=O)C(OC(=O)c1ccco1)c1ccc(F)cc1. The summed E-state index contributed by atoms with van der Waals surface area (Å²) < 4.78 is 23.4. The Balaban J connectivity index is 2.25. The van der Waals surface area contributed by atoms with Crippen LogP contribution in [0.4, 0.5) is 4.39 Å². The highest BCUT2D eigenvalue weighted by Crippen LogP contribution is 2.22. The fourth-order valence-corrected chi connectivity index (χ4v) is 1.96. The van der Waals surface area contributed by atoms with E-state index in [1.165, 1.54) is 36.6 Å². The van der Waals surface area contributed by atoms with Crippen LogP contribution in [0.2, 0.25) is 0 Å². The highest BCUT2D eigenvalue weighted by Gasteiger charge is 2.30. The quantitative estimate of drug-likeness (QED) is 0.820. The van der Waals surface area contributed by atoms with Crippen molar-refractivity contribution in [2.75, 3.05) is 0 Å². The average Bonchev–Trinajstić information content (AvgIpc) is 3.07. The topological polar surface area (TPSA) is 68.5 Å². The summed E-state index contributed by atoms with van der Waals surface area (Å²) in [5.41, 5.74) is -0.0902. The molecule has 0 aliphatic carbocycles. The van der Waals surface area contributed by atoms with Crippen LogP contribution in [0.3, 0.4) is 0 Å². The maximum atomic E-state index is 13.1. The van der Waals surface area contributed by atoms with Crippen molar-refractivity contribution in [2.24, 2.45) is 0 Å². The van der Waals surface area contributed by atoms with Crippen LogP contribution in [-0.2, 0) is 9.53 Å². The second-order valence-electron chi connectivity index (χ2n) is 6.04. The minimum absolute atomic E-state index is 0.00957. The van der Waals surface area contributed by atoms with Gasteiger partial charge in [0.1, 0.15) is 5.82 Å². The Bertz CT molecular complexity index is 692. The van der Waals surface area contributed by atoms with Gasteiger partial charge in [0, 0.05) is 11.1 Å². The maximum Gasteiger partial charge on any atom is 0.375 e. The van der Waals surface area contributed by atoms with E-state index in [0.29, 0.717) is 12.0 Å². The second-order valence-corrected chi connectivity index (χ2v) is 6.04. The van der Waals surface area contributed by atoms with E-state index in [2.05, 4.69) is 5.32 Å². The number of amides is 1. The minimum Gasteiger partial charge on any atom is -0.457 e. The van der Waals surface area contributed by atoms with E-state index < -0.39 is 29.3 Å². The molecule has 1 amide bonds. The van der Waals surface area contributed by atoms with Gasteiger partial charge in [-0.05, 0) is 44.5 Å². The Morgan fingerprint density at radius 1 is 1.25 bits per heavy atom. The van der Waals surface area contributed by atoms with Crippen LogP contribution >= 0.6 is 0 Å². The Morgan fingerprint density at radius 3 is 2.46 bits per heavy atom. The van der Waals surface area contributed by atoms with Crippen molar-refractivity contribution in [3.8, 4) is 0 Å². The summed E-state index contributed by atoms with van der Waals surface area (Å²) in [6, 6.07) is 8.23. The minimum atomic E-state index is -1.20. The molecule has 0 radical (unpaired) electrons. The monoisotopic (exact) mass is 333 g/mol. The van der Waals surface area contributed by atoms with Crippen LogP contribution in [0.1, 0.15) is 49.4 Å².